The van der Waals surface area contributed by atoms with Crippen molar-refractivity contribution >= 4 is 23.5 Å². The fourth-order valence-corrected chi connectivity index (χ4v) is 3.10. The van der Waals surface area contributed by atoms with Crippen molar-refractivity contribution in [3.05, 3.63) is 71.0 Å². The molecule has 25 heavy (non-hydrogen) atoms. The summed E-state index contributed by atoms with van der Waals surface area (Å²) in [5, 5.41) is 7.62. The number of fused-ring (bicyclic) bond motifs is 1. The van der Waals surface area contributed by atoms with Gasteiger partial charge in [-0.3, -0.25) is 10.1 Å². The Balaban J connectivity index is 1.64. The van der Waals surface area contributed by atoms with Gasteiger partial charge in [0.1, 0.15) is 18.7 Å². The van der Waals surface area contributed by atoms with E-state index in [1.807, 2.05) is 48.5 Å². The molecule has 2 heterocycles. The summed E-state index contributed by atoms with van der Waals surface area (Å²) in [7, 11) is 0. The molecular weight excluding hydrogens is 340 g/mol. The zero-order chi connectivity index (χ0) is 17.2. The number of carbonyl (C=O) groups is 1. The van der Waals surface area contributed by atoms with Crippen molar-refractivity contribution in [3.8, 4) is 5.75 Å². The third kappa shape index (κ3) is 3.08. The summed E-state index contributed by atoms with van der Waals surface area (Å²) < 4.78 is 7.71. The van der Waals surface area contributed by atoms with Gasteiger partial charge in [-0.15, -0.1) is 0 Å². The van der Waals surface area contributed by atoms with Gasteiger partial charge in [-0.25, -0.2) is 4.68 Å². The first kappa shape index (κ1) is 15.7. The van der Waals surface area contributed by atoms with E-state index < -0.39 is 0 Å². The molecule has 126 valence electrons. The number of nitrogens with zero attached hydrogens (tertiary/aromatic N) is 3. The molecule has 1 unspecified atom stereocenters. The van der Waals surface area contributed by atoms with Crippen LogP contribution < -0.4 is 10.1 Å². The van der Waals surface area contributed by atoms with Crippen LogP contribution in [0.2, 0.25) is 5.02 Å². The number of rotatable bonds is 4. The molecule has 1 aliphatic rings. The van der Waals surface area contributed by atoms with Gasteiger partial charge in [0.05, 0.1) is 12.5 Å². The van der Waals surface area contributed by atoms with Gasteiger partial charge in [-0.1, -0.05) is 48.0 Å². The number of halogens is 1. The predicted octanol–water partition coefficient (Wildman–Crippen LogP) is 3.44. The van der Waals surface area contributed by atoms with Crippen LogP contribution in [0.15, 0.2) is 54.9 Å². The van der Waals surface area contributed by atoms with Crippen molar-refractivity contribution in [1.82, 2.24) is 14.8 Å². The molecule has 0 spiro atoms. The standard InChI is InChI=1S/C18H15ClN4O2/c19-14-7-3-1-5-12(14)10-25-16-8-4-2-6-13(16)15-9-17(24)22-18-20-11-21-23(15)18/h1-8,11,15H,9-10H2,(H,20,21,22,24). The molecule has 1 amide bonds. The Kier molecular flexibility index (Phi) is 4.11. The van der Waals surface area contributed by atoms with E-state index in [0.717, 1.165) is 11.1 Å². The van der Waals surface area contributed by atoms with Gasteiger partial charge in [-0.2, -0.15) is 10.1 Å². The number of aromatic nitrogens is 3. The van der Waals surface area contributed by atoms with E-state index in [2.05, 4.69) is 15.4 Å². The SMILES string of the molecule is O=C1CC(c2ccccc2OCc2ccccc2Cl)n2ncnc2N1. The highest BCUT2D eigenvalue weighted by molar-refractivity contribution is 6.31. The molecule has 6 nitrogen and oxygen atoms in total. The molecule has 1 aliphatic heterocycles. The predicted molar refractivity (Wildman–Crippen MR) is 93.6 cm³/mol. The number of hydrogen-bond acceptors (Lipinski definition) is 4. The normalized spacial score (nSPS) is 16.2. The number of anilines is 1. The van der Waals surface area contributed by atoms with E-state index in [1.54, 1.807) is 4.68 Å². The van der Waals surface area contributed by atoms with Crippen LogP contribution in [0.4, 0.5) is 5.95 Å². The summed E-state index contributed by atoms with van der Waals surface area (Å²) in [4.78, 5) is 16.1. The zero-order valence-corrected chi connectivity index (χ0v) is 14.0. The summed E-state index contributed by atoms with van der Waals surface area (Å²) in [6, 6.07) is 14.9. The fraction of sp³-hybridized carbons (Fsp3) is 0.167. The first-order valence-corrected chi connectivity index (χ1v) is 8.24. The smallest absolute Gasteiger partial charge is 0.229 e. The van der Waals surface area contributed by atoms with Crippen molar-refractivity contribution in [2.45, 2.75) is 19.1 Å². The molecule has 4 rings (SSSR count). The lowest BCUT2D eigenvalue weighted by Crippen LogP contribution is -2.29. The summed E-state index contributed by atoms with van der Waals surface area (Å²) in [5.74, 6) is 1.05. The van der Waals surface area contributed by atoms with Crippen molar-refractivity contribution in [2.24, 2.45) is 0 Å². The molecule has 2 aromatic carbocycles. The van der Waals surface area contributed by atoms with Crippen LogP contribution in [0.3, 0.4) is 0 Å². The van der Waals surface area contributed by atoms with E-state index in [1.165, 1.54) is 6.33 Å². The maximum Gasteiger partial charge on any atom is 0.229 e. The molecule has 1 aromatic heterocycles. The second-order valence-corrected chi connectivity index (χ2v) is 6.12. The molecule has 0 bridgehead atoms. The molecule has 0 radical (unpaired) electrons. The highest BCUT2D eigenvalue weighted by atomic mass is 35.5. The lowest BCUT2D eigenvalue weighted by Gasteiger charge is -2.25. The Hall–Kier alpha value is -2.86. The van der Waals surface area contributed by atoms with Crippen LogP contribution >= 0.6 is 11.6 Å². The van der Waals surface area contributed by atoms with Crippen LogP contribution in [0, 0.1) is 0 Å². The largest absolute Gasteiger partial charge is 0.488 e. The Morgan fingerprint density at radius 1 is 1.20 bits per heavy atom. The van der Waals surface area contributed by atoms with E-state index in [-0.39, 0.29) is 18.4 Å². The molecule has 3 aromatic rings. The van der Waals surface area contributed by atoms with Gasteiger partial charge >= 0.3 is 0 Å². The molecule has 0 saturated heterocycles. The average Bonchev–Trinajstić information content (AvgIpc) is 3.09. The molecule has 7 heteroatoms. The molecular formula is C18H15ClN4O2. The summed E-state index contributed by atoms with van der Waals surface area (Å²) in [6.45, 7) is 0.347. The second kappa shape index (κ2) is 6.57. The molecule has 1 N–H and O–H groups in total. The van der Waals surface area contributed by atoms with Gasteiger partial charge in [0, 0.05) is 16.1 Å². The van der Waals surface area contributed by atoms with E-state index in [0.29, 0.717) is 23.3 Å². The lowest BCUT2D eigenvalue weighted by molar-refractivity contribution is -0.117. The van der Waals surface area contributed by atoms with Crippen LogP contribution in [-0.2, 0) is 11.4 Å². The first-order valence-electron chi connectivity index (χ1n) is 7.87. The van der Waals surface area contributed by atoms with E-state index in [4.69, 9.17) is 16.3 Å². The maximum atomic E-state index is 12.0. The Labute approximate surface area is 149 Å². The van der Waals surface area contributed by atoms with Gasteiger partial charge < -0.3 is 4.74 Å². The Morgan fingerprint density at radius 2 is 2.00 bits per heavy atom. The third-order valence-electron chi connectivity index (χ3n) is 4.12. The van der Waals surface area contributed by atoms with Gasteiger partial charge in [0.25, 0.3) is 0 Å². The van der Waals surface area contributed by atoms with Crippen LogP contribution in [0.25, 0.3) is 0 Å². The number of carbonyl (C=O) groups excluding carboxylic acids is 1. The zero-order valence-electron chi connectivity index (χ0n) is 13.2. The lowest BCUT2D eigenvalue weighted by atomic mass is 10.0. The number of para-hydroxylation sites is 1. The fourth-order valence-electron chi connectivity index (χ4n) is 2.91. The van der Waals surface area contributed by atoms with Crippen molar-refractivity contribution < 1.29 is 9.53 Å². The number of amides is 1. The van der Waals surface area contributed by atoms with Crippen LogP contribution in [0.1, 0.15) is 23.6 Å². The molecule has 0 aliphatic carbocycles. The van der Waals surface area contributed by atoms with E-state index >= 15 is 0 Å². The molecule has 0 saturated carbocycles. The Morgan fingerprint density at radius 3 is 2.88 bits per heavy atom. The minimum absolute atomic E-state index is 0.0913. The minimum Gasteiger partial charge on any atom is -0.488 e. The van der Waals surface area contributed by atoms with Crippen molar-refractivity contribution in [1.29, 1.82) is 0 Å². The number of ether oxygens (including phenoxy) is 1. The number of benzene rings is 2. The van der Waals surface area contributed by atoms with Crippen molar-refractivity contribution in [3.63, 3.8) is 0 Å². The number of hydrogen-bond donors (Lipinski definition) is 1. The van der Waals surface area contributed by atoms with Gasteiger partial charge in [-0.05, 0) is 12.1 Å². The second-order valence-electron chi connectivity index (χ2n) is 5.71. The van der Waals surface area contributed by atoms with Crippen LogP contribution in [0.5, 0.6) is 5.75 Å². The van der Waals surface area contributed by atoms with Crippen LogP contribution in [-0.4, -0.2) is 20.7 Å². The van der Waals surface area contributed by atoms with Gasteiger partial charge in [0.2, 0.25) is 11.9 Å². The minimum atomic E-state index is -0.256. The highest BCUT2D eigenvalue weighted by Crippen LogP contribution is 2.34. The first-order chi connectivity index (χ1) is 12.2. The monoisotopic (exact) mass is 354 g/mol. The summed E-state index contributed by atoms with van der Waals surface area (Å²) in [5.41, 5.74) is 1.79. The summed E-state index contributed by atoms with van der Waals surface area (Å²) in [6.07, 6.45) is 1.71. The quantitative estimate of drug-likeness (QED) is 0.779. The third-order valence-corrected chi connectivity index (χ3v) is 4.49. The molecule has 1 atom stereocenters. The molecule has 0 fully saturated rings. The van der Waals surface area contributed by atoms with Gasteiger partial charge in [0.15, 0.2) is 0 Å². The topological polar surface area (TPSA) is 69.0 Å². The van der Waals surface area contributed by atoms with E-state index in [9.17, 15) is 4.79 Å². The summed E-state index contributed by atoms with van der Waals surface area (Å²) >= 11 is 6.20. The maximum absolute atomic E-state index is 12.0. The van der Waals surface area contributed by atoms with Crippen molar-refractivity contribution in [2.75, 3.05) is 5.32 Å². The Bertz CT molecular complexity index is 925. The highest BCUT2D eigenvalue weighted by Gasteiger charge is 2.29. The average molecular weight is 355 g/mol. The number of nitrogens with one attached hydrogen (secondary N) is 1.